The van der Waals surface area contributed by atoms with E-state index in [1.54, 1.807) is 18.1 Å². The van der Waals surface area contributed by atoms with Crippen LogP contribution in [0.15, 0.2) is 29.3 Å². The summed E-state index contributed by atoms with van der Waals surface area (Å²) in [6, 6.07) is 11.7. The SMILES string of the molecule is C/C=C/C[Si](CC=NCCCCCCCC[Si](C/C=C/C)(CCC)CCC)(CCC)CCC. The first-order valence-corrected chi connectivity index (χ1v) is 20.4. The molecule has 0 aliphatic carbocycles. The second-order valence-electron chi connectivity index (χ2n) is 10.7. The number of hydrogen-bond acceptors (Lipinski definition) is 1. The lowest BCUT2D eigenvalue weighted by Crippen LogP contribution is -2.33. The molecule has 0 fully saturated rings. The monoisotopic (exact) mass is 491 g/mol. The molecular formula is C30H61NSi2. The van der Waals surface area contributed by atoms with Gasteiger partial charge in [-0.15, -0.1) is 0 Å². The smallest absolute Gasteiger partial charge is 0.0626 e. The Morgan fingerprint density at radius 2 is 0.970 bits per heavy atom. The third-order valence-electron chi connectivity index (χ3n) is 7.59. The highest BCUT2D eigenvalue weighted by Crippen LogP contribution is 2.32. The van der Waals surface area contributed by atoms with E-state index in [0.717, 1.165) is 6.54 Å². The molecular weight excluding hydrogens is 431 g/mol. The zero-order valence-electron chi connectivity index (χ0n) is 23.8. The van der Waals surface area contributed by atoms with Gasteiger partial charge in [0.25, 0.3) is 0 Å². The molecule has 3 heteroatoms. The van der Waals surface area contributed by atoms with Crippen molar-refractivity contribution < 1.29 is 0 Å². The number of rotatable bonds is 23. The van der Waals surface area contributed by atoms with Gasteiger partial charge in [-0.3, -0.25) is 4.99 Å². The van der Waals surface area contributed by atoms with E-state index in [1.807, 2.05) is 0 Å². The zero-order chi connectivity index (χ0) is 24.7. The van der Waals surface area contributed by atoms with Gasteiger partial charge in [0.05, 0.1) is 16.1 Å². The maximum Gasteiger partial charge on any atom is 0.0626 e. The molecule has 0 spiro atoms. The molecule has 0 N–H and O–H groups in total. The Hall–Kier alpha value is -0.416. The fourth-order valence-corrected chi connectivity index (χ4v) is 15.7. The van der Waals surface area contributed by atoms with E-state index in [4.69, 9.17) is 4.99 Å². The van der Waals surface area contributed by atoms with Gasteiger partial charge in [0.1, 0.15) is 0 Å². The van der Waals surface area contributed by atoms with Gasteiger partial charge in [-0.1, -0.05) is 140 Å². The molecule has 0 bridgehead atoms. The molecule has 0 atom stereocenters. The van der Waals surface area contributed by atoms with Crippen molar-refractivity contribution in [1.82, 2.24) is 0 Å². The second-order valence-corrected chi connectivity index (χ2v) is 20.4. The summed E-state index contributed by atoms with van der Waals surface area (Å²) in [5, 5.41) is 0. The standard InChI is InChI=1S/C30H61NSi2/c1-7-13-27-32(23-9-3,24-10-4)29-20-18-16-15-17-19-21-31-22-30-33(25-11-5,26-12-6)28-14-8-2/h7-8,13-14,22H,9-12,15-21,23-30H2,1-6H3/b13-7+,14-8+,31-22?. The molecule has 0 saturated heterocycles. The number of allylic oxidation sites excluding steroid dienone is 4. The zero-order valence-corrected chi connectivity index (χ0v) is 25.8. The quantitative estimate of drug-likeness (QED) is 0.0583. The normalized spacial score (nSPS) is 13.3. The fraction of sp³-hybridized carbons (Fsp3) is 0.833. The molecule has 0 aliphatic rings. The fourth-order valence-electron chi connectivity index (χ4n) is 5.91. The second kappa shape index (κ2) is 22.1. The average Bonchev–Trinajstić information content (AvgIpc) is 2.80. The van der Waals surface area contributed by atoms with Crippen molar-refractivity contribution in [3.05, 3.63) is 24.3 Å². The molecule has 0 aliphatic heterocycles. The summed E-state index contributed by atoms with van der Waals surface area (Å²) in [5.41, 5.74) is 0. The molecule has 0 heterocycles. The Morgan fingerprint density at radius 3 is 1.48 bits per heavy atom. The van der Waals surface area contributed by atoms with E-state index >= 15 is 0 Å². The van der Waals surface area contributed by atoms with Gasteiger partial charge < -0.3 is 0 Å². The average molecular weight is 492 g/mol. The summed E-state index contributed by atoms with van der Waals surface area (Å²) in [6.07, 6.45) is 25.7. The lowest BCUT2D eigenvalue weighted by Gasteiger charge is -2.30. The molecule has 0 aromatic rings. The van der Waals surface area contributed by atoms with Crippen molar-refractivity contribution in [3.8, 4) is 0 Å². The number of nitrogens with zero attached hydrogens (tertiary/aromatic N) is 1. The summed E-state index contributed by atoms with van der Waals surface area (Å²) in [5.74, 6) is 0. The molecule has 0 radical (unpaired) electrons. The maximum atomic E-state index is 4.85. The van der Waals surface area contributed by atoms with Crippen molar-refractivity contribution >= 4 is 22.4 Å². The minimum atomic E-state index is -1.18. The van der Waals surface area contributed by atoms with E-state index in [-0.39, 0.29) is 0 Å². The van der Waals surface area contributed by atoms with Crippen LogP contribution >= 0.6 is 0 Å². The Kier molecular flexibility index (Phi) is 21.8. The van der Waals surface area contributed by atoms with E-state index < -0.39 is 16.1 Å². The first-order valence-electron chi connectivity index (χ1n) is 14.8. The lowest BCUT2D eigenvalue weighted by molar-refractivity contribution is 0.609. The van der Waals surface area contributed by atoms with Gasteiger partial charge in [0.2, 0.25) is 0 Å². The van der Waals surface area contributed by atoms with E-state index in [2.05, 4.69) is 72.1 Å². The molecule has 33 heavy (non-hydrogen) atoms. The molecule has 0 aromatic carbocycles. The van der Waals surface area contributed by atoms with Crippen molar-refractivity contribution in [1.29, 1.82) is 0 Å². The molecule has 0 rings (SSSR count). The number of aliphatic imine (C=N–C) groups is 1. The molecule has 0 saturated carbocycles. The van der Waals surface area contributed by atoms with E-state index in [0.29, 0.717) is 0 Å². The minimum Gasteiger partial charge on any atom is -0.298 e. The highest BCUT2D eigenvalue weighted by Gasteiger charge is 2.29. The van der Waals surface area contributed by atoms with Gasteiger partial charge in [-0.25, -0.2) is 0 Å². The highest BCUT2D eigenvalue weighted by molar-refractivity contribution is 6.82. The predicted octanol–water partition coefficient (Wildman–Crippen LogP) is 11.1. The van der Waals surface area contributed by atoms with E-state index in [9.17, 15) is 0 Å². The van der Waals surface area contributed by atoms with Gasteiger partial charge in [0.15, 0.2) is 0 Å². The van der Waals surface area contributed by atoms with Crippen LogP contribution in [0.1, 0.15) is 106 Å². The summed E-state index contributed by atoms with van der Waals surface area (Å²) >= 11 is 0. The van der Waals surface area contributed by atoms with Crippen LogP contribution in [0, 0.1) is 0 Å². The van der Waals surface area contributed by atoms with Crippen LogP contribution in [0.25, 0.3) is 0 Å². The van der Waals surface area contributed by atoms with Crippen LogP contribution in [-0.2, 0) is 0 Å². The Labute approximate surface area is 212 Å². The van der Waals surface area contributed by atoms with Gasteiger partial charge in [-0.2, -0.15) is 0 Å². The Morgan fingerprint density at radius 1 is 0.515 bits per heavy atom. The van der Waals surface area contributed by atoms with Crippen molar-refractivity contribution in [2.75, 3.05) is 6.54 Å². The first kappa shape index (κ1) is 32.6. The Balaban J connectivity index is 4.18. The summed E-state index contributed by atoms with van der Waals surface area (Å²) in [4.78, 5) is 4.85. The van der Waals surface area contributed by atoms with Crippen LogP contribution in [0.2, 0.25) is 48.4 Å². The van der Waals surface area contributed by atoms with Crippen LogP contribution in [0.5, 0.6) is 0 Å². The largest absolute Gasteiger partial charge is 0.298 e. The first-order chi connectivity index (χ1) is 16.1. The summed E-state index contributed by atoms with van der Waals surface area (Å²) < 4.78 is 0. The van der Waals surface area contributed by atoms with Gasteiger partial charge >= 0.3 is 0 Å². The topological polar surface area (TPSA) is 12.4 Å². The van der Waals surface area contributed by atoms with Crippen molar-refractivity contribution in [2.45, 2.75) is 154 Å². The predicted molar refractivity (Wildman–Crippen MR) is 162 cm³/mol. The van der Waals surface area contributed by atoms with Gasteiger partial charge in [-0.05, 0) is 44.6 Å². The minimum absolute atomic E-state index is 1.05. The van der Waals surface area contributed by atoms with Crippen molar-refractivity contribution in [2.24, 2.45) is 4.99 Å². The third kappa shape index (κ3) is 16.0. The highest BCUT2D eigenvalue weighted by atomic mass is 28.3. The molecule has 0 aromatic heterocycles. The van der Waals surface area contributed by atoms with Crippen LogP contribution < -0.4 is 0 Å². The number of unbranched alkanes of at least 4 members (excludes halogenated alkanes) is 5. The van der Waals surface area contributed by atoms with Crippen LogP contribution in [0.4, 0.5) is 0 Å². The lowest BCUT2D eigenvalue weighted by atomic mass is 10.1. The molecule has 1 nitrogen and oxygen atoms in total. The van der Waals surface area contributed by atoms with Crippen molar-refractivity contribution in [3.63, 3.8) is 0 Å². The third-order valence-corrected chi connectivity index (χ3v) is 18.5. The number of hydrogen-bond donors (Lipinski definition) is 0. The van der Waals surface area contributed by atoms with Crippen LogP contribution in [-0.4, -0.2) is 28.9 Å². The van der Waals surface area contributed by atoms with Crippen LogP contribution in [0.3, 0.4) is 0 Å². The molecule has 0 unspecified atom stereocenters. The van der Waals surface area contributed by atoms with Gasteiger partial charge in [0, 0.05) is 6.54 Å². The molecule has 194 valence electrons. The summed E-state index contributed by atoms with van der Waals surface area (Å²) in [7, 11) is -2.23. The van der Waals surface area contributed by atoms with E-state index in [1.165, 1.54) is 94.4 Å². The molecule has 0 amide bonds. The maximum absolute atomic E-state index is 4.85. The Bertz CT molecular complexity index is 497. The summed E-state index contributed by atoms with van der Waals surface area (Å²) in [6.45, 7) is 14.9.